The van der Waals surface area contributed by atoms with Crippen LogP contribution >= 0.6 is 0 Å². The van der Waals surface area contributed by atoms with Crippen LogP contribution in [0.4, 0.5) is 0 Å². The molecule has 0 radical (unpaired) electrons. The third kappa shape index (κ3) is 3.65. The summed E-state index contributed by atoms with van der Waals surface area (Å²) in [5.74, 6) is -0.462. The van der Waals surface area contributed by atoms with E-state index < -0.39 is 10.0 Å². The highest BCUT2D eigenvalue weighted by Gasteiger charge is 2.24. The van der Waals surface area contributed by atoms with Crippen molar-refractivity contribution in [3.05, 3.63) is 0 Å². The lowest BCUT2D eigenvalue weighted by molar-refractivity contribution is -0.130. The molecule has 0 N–H and O–H groups in total. The Labute approximate surface area is 86.3 Å². The number of carbonyl (C=O) groups is 1. The van der Waals surface area contributed by atoms with Crippen molar-refractivity contribution in [3.63, 3.8) is 0 Å². The van der Waals surface area contributed by atoms with Crippen LogP contribution in [0.2, 0.25) is 0 Å². The Balaban J connectivity index is 4.59. The zero-order valence-electron chi connectivity index (χ0n) is 9.28. The first-order chi connectivity index (χ1) is 6.34. The maximum atomic E-state index is 11.7. The van der Waals surface area contributed by atoms with E-state index in [-0.39, 0.29) is 11.8 Å². The molecule has 0 aliphatic heterocycles. The van der Waals surface area contributed by atoms with Crippen molar-refractivity contribution >= 4 is 15.9 Å². The average molecular weight is 221 g/mol. The fourth-order valence-corrected chi connectivity index (χ4v) is 1.75. The van der Waals surface area contributed by atoms with Crippen LogP contribution in [-0.4, -0.2) is 31.9 Å². The largest absolute Gasteiger partial charge is 0.274 e. The van der Waals surface area contributed by atoms with Gasteiger partial charge < -0.3 is 0 Å². The molecule has 1 atom stereocenters. The van der Waals surface area contributed by atoms with Crippen LogP contribution in [0.15, 0.2) is 0 Å². The number of hydrogen-bond acceptors (Lipinski definition) is 3. The van der Waals surface area contributed by atoms with E-state index in [1.807, 2.05) is 13.8 Å². The molecule has 0 saturated heterocycles. The summed E-state index contributed by atoms with van der Waals surface area (Å²) in [4.78, 5) is 11.7. The lowest BCUT2D eigenvalue weighted by atomic mass is 10.0. The third-order valence-electron chi connectivity index (χ3n) is 2.29. The highest BCUT2D eigenvalue weighted by Crippen LogP contribution is 2.14. The third-order valence-corrected chi connectivity index (χ3v) is 3.46. The normalized spacial score (nSPS) is 13.7. The lowest BCUT2D eigenvalue weighted by Crippen LogP contribution is -2.36. The Morgan fingerprint density at radius 2 is 1.86 bits per heavy atom. The van der Waals surface area contributed by atoms with E-state index >= 15 is 0 Å². The van der Waals surface area contributed by atoms with Gasteiger partial charge in [0, 0.05) is 13.0 Å². The fourth-order valence-electron chi connectivity index (χ4n) is 1.27. The van der Waals surface area contributed by atoms with Gasteiger partial charge in [0.05, 0.1) is 6.26 Å². The van der Waals surface area contributed by atoms with Crippen molar-refractivity contribution in [2.45, 2.75) is 33.1 Å². The molecule has 5 heteroatoms. The predicted octanol–water partition coefficient (Wildman–Crippen LogP) is 1.23. The molecule has 14 heavy (non-hydrogen) atoms. The number of hydrogen-bond donors (Lipinski definition) is 0. The number of rotatable bonds is 5. The Hall–Kier alpha value is -0.580. The van der Waals surface area contributed by atoms with Crippen molar-refractivity contribution in [1.29, 1.82) is 0 Å². The van der Waals surface area contributed by atoms with E-state index in [4.69, 9.17) is 0 Å². The Kier molecular flexibility index (Phi) is 5.12. The van der Waals surface area contributed by atoms with Crippen LogP contribution < -0.4 is 0 Å². The minimum atomic E-state index is -3.39. The quantitative estimate of drug-likeness (QED) is 0.701. The van der Waals surface area contributed by atoms with Crippen LogP contribution in [0.5, 0.6) is 0 Å². The van der Waals surface area contributed by atoms with E-state index in [2.05, 4.69) is 0 Å². The summed E-state index contributed by atoms with van der Waals surface area (Å²) >= 11 is 0. The summed E-state index contributed by atoms with van der Waals surface area (Å²) in [6.45, 7) is 3.88. The number of nitrogens with zero attached hydrogens (tertiary/aromatic N) is 1. The second kappa shape index (κ2) is 5.34. The summed E-state index contributed by atoms with van der Waals surface area (Å²) < 4.78 is 23.0. The molecule has 0 heterocycles. The Morgan fingerprint density at radius 1 is 1.36 bits per heavy atom. The number of carbonyl (C=O) groups excluding carboxylic acids is 1. The van der Waals surface area contributed by atoms with E-state index in [0.717, 1.165) is 23.4 Å². The van der Waals surface area contributed by atoms with Gasteiger partial charge in [-0.15, -0.1) is 0 Å². The molecule has 1 amide bonds. The highest BCUT2D eigenvalue weighted by atomic mass is 32.2. The molecular weight excluding hydrogens is 202 g/mol. The highest BCUT2D eigenvalue weighted by molar-refractivity contribution is 7.88. The van der Waals surface area contributed by atoms with E-state index in [9.17, 15) is 13.2 Å². The molecule has 0 fully saturated rings. The lowest BCUT2D eigenvalue weighted by Gasteiger charge is -2.20. The van der Waals surface area contributed by atoms with Crippen LogP contribution in [0.25, 0.3) is 0 Å². The van der Waals surface area contributed by atoms with Gasteiger partial charge in [-0.05, 0) is 12.8 Å². The zero-order valence-corrected chi connectivity index (χ0v) is 10.1. The van der Waals surface area contributed by atoms with E-state index in [1.54, 1.807) is 0 Å². The SMILES string of the molecule is CCCC(CC)C(=O)N(C)S(C)(=O)=O. The Morgan fingerprint density at radius 3 is 2.14 bits per heavy atom. The molecule has 0 aromatic rings. The van der Waals surface area contributed by atoms with Gasteiger partial charge in [-0.2, -0.15) is 0 Å². The van der Waals surface area contributed by atoms with Crippen molar-refractivity contribution in [2.75, 3.05) is 13.3 Å². The van der Waals surface area contributed by atoms with Crippen molar-refractivity contribution in [1.82, 2.24) is 4.31 Å². The van der Waals surface area contributed by atoms with Gasteiger partial charge in [-0.3, -0.25) is 4.79 Å². The standard InChI is InChI=1S/C9H19NO3S/c1-5-7-8(6-2)9(11)10(3)14(4,12)13/h8H,5-7H2,1-4H3. The number of sulfonamides is 1. The first kappa shape index (κ1) is 13.4. The van der Waals surface area contributed by atoms with Gasteiger partial charge in [-0.1, -0.05) is 20.3 Å². The number of amides is 1. The van der Waals surface area contributed by atoms with Crippen LogP contribution in [-0.2, 0) is 14.8 Å². The predicted molar refractivity (Wildman–Crippen MR) is 56.3 cm³/mol. The summed E-state index contributed by atoms with van der Waals surface area (Å²) in [6.07, 6.45) is 3.37. The summed E-state index contributed by atoms with van der Waals surface area (Å²) in [6, 6.07) is 0. The van der Waals surface area contributed by atoms with Gasteiger partial charge in [-0.25, -0.2) is 12.7 Å². The second-order valence-corrected chi connectivity index (χ2v) is 5.48. The first-order valence-electron chi connectivity index (χ1n) is 4.82. The van der Waals surface area contributed by atoms with Gasteiger partial charge in [0.25, 0.3) is 0 Å². The maximum Gasteiger partial charge on any atom is 0.238 e. The molecule has 0 aromatic heterocycles. The summed E-state index contributed by atoms with van der Waals surface area (Å²) in [7, 11) is -2.08. The van der Waals surface area contributed by atoms with E-state index in [0.29, 0.717) is 6.42 Å². The minimum absolute atomic E-state index is 0.167. The molecule has 0 rings (SSSR count). The molecular formula is C9H19NO3S. The maximum absolute atomic E-state index is 11.7. The van der Waals surface area contributed by atoms with Crippen LogP contribution in [0.1, 0.15) is 33.1 Å². The van der Waals surface area contributed by atoms with Crippen molar-refractivity contribution in [3.8, 4) is 0 Å². The van der Waals surface area contributed by atoms with Crippen molar-refractivity contribution in [2.24, 2.45) is 5.92 Å². The first-order valence-corrected chi connectivity index (χ1v) is 6.67. The second-order valence-electron chi connectivity index (χ2n) is 3.46. The molecule has 0 aliphatic carbocycles. The molecule has 0 aromatic carbocycles. The van der Waals surface area contributed by atoms with Gasteiger partial charge >= 0.3 is 0 Å². The van der Waals surface area contributed by atoms with Crippen LogP contribution in [0.3, 0.4) is 0 Å². The molecule has 84 valence electrons. The zero-order chi connectivity index (χ0) is 11.4. The average Bonchev–Trinajstić information content (AvgIpc) is 2.10. The molecule has 0 bridgehead atoms. The van der Waals surface area contributed by atoms with Gasteiger partial charge in [0.1, 0.15) is 0 Å². The summed E-state index contributed by atoms with van der Waals surface area (Å²) in [5, 5.41) is 0. The summed E-state index contributed by atoms with van der Waals surface area (Å²) in [5.41, 5.74) is 0. The molecule has 4 nitrogen and oxygen atoms in total. The van der Waals surface area contributed by atoms with Crippen LogP contribution in [0, 0.1) is 5.92 Å². The van der Waals surface area contributed by atoms with Gasteiger partial charge in [0.15, 0.2) is 0 Å². The van der Waals surface area contributed by atoms with Gasteiger partial charge in [0.2, 0.25) is 15.9 Å². The van der Waals surface area contributed by atoms with E-state index in [1.165, 1.54) is 7.05 Å². The topological polar surface area (TPSA) is 54.5 Å². The molecule has 1 unspecified atom stereocenters. The smallest absolute Gasteiger partial charge is 0.238 e. The molecule has 0 aliphatic rings. The molecule has 0 spiro atoms. The Bertz CT molecular complexity index is 284. The molecule has 0 saturated carbocycles. The monoisotopic (exact) mass is 221 g/mol. The minimum Gasteiger partial charge on any atom is -0.274 e. The van der Waals surface area contributed by atoms with Crippen molar-refractivity contribution < 1.29 is 13.2 Å². The fraction of sp³-hybridized carbons (Fsp3) is 0.889.